The average molecular weight is 449 g/mol. The number of ether oxygens (including phenoxy) is 1. The minimum absolute atomic E-state index is 0.0830. The highest BCUT2D eigenvalue weighted by Crippen LogP contribution is 2.50. The van der Waals surface area contributed by atoms with Gasteiger partial charge in [0.15, 0.2) is 5.78 Å². The second-order valence-corrected chi connectivity index (χ2v) is 9.97. The topological polar surface area (TPSA) is 66.9 Å². The molecule has 1 aromatic heterocycles. The zero-order chi connectivity index (χ0) is 22.0. The molecule has 4 aliphatic heterocycles. The van der Waals surface area contributed by atoms with Crippen molar-refractivity contribution in [3.05, 3.63) is 58.3 Å². The van der Waals surface area contributed by atoms with E-state index in [-0.39, 0.29) is 36.3 Å². The number of para-hydroxylation sites is 1. The molecule has 7 heteroatoms. The predicted molar refractivity (Wildman–Crippen MR) is 121 cm³/mol. The first kappa shape index (κ1) is 19.9. The van der Waals surface area contributed by atoms with Crippen LogP contribution in [0, 0.1) is 11.8 Å². The molecule has 2 aromatic rings. The second-order valence-electron chi connectivity index (χ2n) is 9.02. The number of nitrogens with zero attached hydrogens (tertiary/aromatic N) is 2. The maximum atomic E-state index is 13.7. The Labute approximate surface area is 190 Å². The number of ketones is 1. The first-order chi connectivity index (χ1) is 15.6. The van der Waals surface area contributed by atoms with Crippen molar-refractivity contribution in [1.82, 2.24) is 4.90 Å². The zero-order valence-electron chi connectivity index (χ0n) is 17.8. The van der Waals surface area contributed by atoms with Crippen LogP contribution in [0.1, 0.15) is 35.0 Å². The Balaban J connectivity index is 1.45. The van der Waals surface area contributed by atoms with E-state index >= 15 is 0 Å². The molecule has 164 valence electrons. The molecule has 3 fully saturated rings. The van der Waals surface area contributed by atoms with Gasteiger partial charge in [-0.3, -0.25) is 19.3 Å². The van der Waals surface area contributed by atoms with E-state index in [2.05, 4.69) is 6.08 Å². The molecule has 0 bridgehead atoms. The third-order valence-corrected chi connectivity index (χ3v) is 8.17. The molecule has 6 nitrogen and oxygen atoms in total. The minimum atomic E-state index is -0.694. The van der Waals surface area contributed by atoms with Crippen LogP contribution >= 0.6 is 11.3 Å². The maximum absolute atomic E-state index is 13.7. The highest BCUT2D eigenvalue weighted by Gasteiger charge is 2.64. The van der Waals surface area contributed by atoms with Crippen LogP contribution in [0.15, 0.2) is 47.9 Å². The lowest BCUT2D eigenvalue weighted by atomic mass is 9.86. The van der Waals surface area contributed by atoms with Gasteiger partial charge in [-0.05, 0) is 42.9 Å². The van der Waals surface area contributed by atoms with E-state index in [1.807, 2.05) is 47.5 Å². The van der Waals surface area contributed by atoms with Crippen molar-refractivity contribution in [2.24, 2.45) is 11.8 Å². The number of benzene rings is 1. The molecule has 6 rings (SSSR count). The normalized spacial score (nSPS) is 30.9. The summed E-state index contributed by atoms with van der Waals surface area (Å²) in [6, 6.07) is 10.6. The van der Waals surface area contributed by atoms with Crippen molar-refractivity contribution < 1.29 is 19.1 Å². The zero-order valence-corrected chi connectivity index (χ0v) is 18.6. The Bertz CT molecular complexity index is 1130. The van der Waals surface area contributed by atoms with Gasteiger partial charge in [0, 0.05) is 17.9 Å². The number of Topliss-reactive ketones (excluding diaryl/α,β-unsaturated/α-hetero) is 1. The second kappa shape index (κ2) is 7.39. The van der Waals surface area contributed by atoms with Gasteiger partial charge in [-0.25, -0.2) is 0 Å². The number of carbonyl (C=O) groups is 3. The molecule has 5 heterocycles. The van der Waals surface area contributed by atoms with Crippen LogP contribution in [0.25, 0.3) is 5.57 Å². The van der Waals surface area contributed by atoms with Crippen LogP contribution < -0.4 is 4.90 Å². The monoisotopic (exact) mass is 448 g/mol. The number of imide groups is 1. The fraction of sp³-hybridized carbons (Fsp3) is 0.400. The van der Waals surface area contributed by atoms with Gasteiger partial charge in [0.2, 0.25) is 11.8 Å². The van der Waals surface area contributed by atoms with Gasteiger partial charge in [-0.2, -0.15) is 0 Å². The van der Waals surface area contributed by atoms with E-state index in [1.165, 1.54) is 16.2 Å². The van der Waals surface area contributed by atoms with Gasteiger partial charge in [0.05, 0.1) is 35.4 Å². The van der Waals surface area contributed by atoms with E-state index < -0.39 is 17.9 Å². The van der Waals surface area contributed by atoms with Gasteiger partial charge < -0.3 is 9.64 Å². The molecular weight excluding hydrogens is 424 g/mol. The number of carbonyl (C=O) groups excluding carboxylic acids is 3. The Morgan fingerprint density at radius 2 is 1.94 bits per heavy atom. The molecule has 3 saturated heterocycles. The molecule has 0 radical (unpaired) electrons. The third kappa shape index (κ3) is 2.77. The number of anilines is 1. The van der Waals surface area contributed by atoms with Crippen molar-refractivity contribution >= 4 is 40.2 Å². The number of amides is 2. The lowest BCUT2D eigenvalue weighted by molar-refractivity contribution is -0.142. The van der Waals surface area contributed by atoms with Crippen molar-refractivity contribution in [3.63, 3.8) is 0 Å². The third-order valence-electron chi connectivity index (χ3n) is 7.29. The first-order valence-electron chi connectivity index (χ1n) is 11.2. The standard InChI is InChI=1S/C25H24N2O4S/c1-14-12-18-20-21(25(30)26(24(20)29)13-15-6-4-10-31-15)22(23(28)19-9-5-11-32-19)27(18)17-8-3-2-7-16(14)17/h2-3,5,7-9,11-12,15,18,20-22H,4,6,10,13H2,1H3/t15-,18-,20-,21+,22-/m0/s1. The molecule has 0 N–H and O–H groups in total. The molecule has 0 spiro atoms. The average Bonchev–Trinajstić information content (AvgIpc) is 3.58. The Hall–Kier alpha value is -2.77. The summed E-state index contributed by atoms with van der Waals surface area (Å²) >= 11 is 1.38. The molecule has 0 saturated carbocycles. The van der Waals surface area contributed by atoms with E-state index in [9.17, 15) is 14.4 Å². The summed E-state index contributed by atoms with van der Waals surface area (Å²) in [4.78, 5) is 45.0. The van der Waals surface area contributed by atoms with E-state index in [0.29, 0.717) is 11.5 Å². The fourth-order valence-corrected chi connectivity index (χ4v) is 6.59. The summed E-state index contributed by atoms with van der Waals surface area (Å²) in [6.45, 7) is 2.99. The van der Waals surface area contributed by atoms with Gasteiger partial charge in [-0.1, -0.05) is 30.3 Å². The van der Waals surface area contributed by atoms with E-state index in [0.717, 1.165) is 29.7 Å². The lowest BCUT2D eigenvalue weighted by Crippen LogP contribution is -2.49. The number of allylic oxidation sites excluding steroid dienone is 1. The Morgan fingerprint density at radius 3 is 2.69 bits per heavy atom. The number of hydrogen-bond acceptors (Lipinski definition) is 6. The largest absolute Gasteiger partial charge is 0.376 e. The summed E-state index contributed by atoms with van der Waals surface area (Å²) in [7, 11) is 0. The van der Waals surface area contributed by atoms with Gasteiger partial charge in [-0.15, -0.1) is 11.3 Å². The quantitative estimate of drug-likeness (QED) is 0.530. The van der Waals surface area contributed by atoms with Gasteiger partial charge in [0.1, 0.15) is 6.04 Å². The minimum Gasteiger partial charge on any atom is -0.376 e. The van der Waals surface area contributed by atoms with Crippen LogP contribution in [-0.4, -0.2) is 53.8 Å². The first-order valence-corrected chi connectivity index (χ1v) is 12.0. The van der Waals surface area contributed by atoms with Crippen molar-refractivity contribution in [1.29, 1.82) is 0 Å². The summed E-state index contributed by atoms with van der Waals surface area (Å²) < 4.78 is 5.70. The predicted octanol–water partition coefficient (Wildman–Crippen LogP) is 3.39. The molecule has 1 aromatic carbocycles. The summed E-state index contributed by atoms with van der Waals surface area (Å²) in [5, 5.41) is 1.87. The molecule has 5 atom stereocenters. The Kier molecular flexibility index (Phi) is 4.59. The molecule has 2 amide bonds. The van der Waals surface area contributed by atoms with Crippen molar-refractivity contribution in [2.75, 3.05) is 18.1 Å². The summed E-state index contributed by atoms with van der Waals surface area (Å²) in [5.74, 6) is -1.72. The van der Waals surface area contributed by atoms with Crippen molar-refractivity contribution in [3.8, 4) is 0 Å². The van der Waals surface area contributed by atoms with E-state index in [4.69, 9.17) is 4.74 Å². The number of fused-ring (bicyclic) bond motifs is 5. The SMILES string of the molecule is CC1=C[C@H]2[C@@H]3C(=O)N(C[C@@H]4CCCO4)C(=O)[C@H]3[C@@H](C(=O)c3cccs3)N2c2ccccc21. The van der Waals surface area contributed by atoms with Crippen molar-refractivity contribution in [2.45, 2.75) is 38.0 Å². The summed E-state index contributed by atoms with van der Waals surface area (Å²) in [5.41, 5.74) is 3.04. The van der Waals surface area contributed by atoms with E-state index in [1.54, 1.807) is 6.07 Å². The lowest BCUT2D eigenvalue weighted by Gasteiger charge is -2.38. The molecule has 32 heavy (non-hydrogen) atoms. The smallest absolute Gasteiger partial charge is 0.235 e. The van der Waals surface area contributed by atoms with Gasteiger partial charge >= 0.3 is 0 Å². The van der Waals surface area contributed by atoms with Crippen LogP contribution in [0.5, 0.6) is 0 Å². The maximum Gasteiger partial charge on any atom is 0.235 e. The van der Waals surface area contributed by atoms with Crippen LogP contribution in [0.4, 0.5) is 5.69 Å². The van der Waals surface area contributed by atoms with Crippen LogP contribution in [0.3, 0.4) is 0 Å². The number of rotatable bonds is 4. The number of thiophene rings is 1. The molecule has 0 unspecified atom stereocenters. The Morgan fingerprint density at radius 1 is 1.12 bits per heavy atom. The highest BCUT2D eigenvalue weighted by atomic mass is 32.1. The number of hydrogen-bond donors (Lipinski definition) is 0. The molecular formula is C25H24N2O4S. The number of likely N-dealkylation sites (tertiary alicyclic amines) is 1. The highest BCUT2D eigenvalue weighted by molar-refractivity contribution is 7.12. The van der Waals surface area contributed by atoms with Crippen LogP contribution in [0.2, 0.25) is 0 Å². The fourth-order valence-electron chi connectivity index (χ4n) is 5.90. The summed E-state index contributed by atoms with van der Waals surface area (Å²) in [6.07, 6.45) is 3.77. The van der Waals surface area contributed by atoms with Crippen LogP contribution in [-0.2, 0) is 14.3 Å². The molecule has 4 aliphatic rings. The molecule has 0 aliphatic carbocycles. The van der Waals surface area contributed by atoms with Gasteiger partial charge in [0.25, 0.3) is 0 Å².